The number of esters is 1. The van der Waals surface area contributed by atoms with Crippen molar-refractivity contribution in [2.75, 3.05) is 6.61 Å². The quantitative estimate of drug-likeness (QED) is 0.585. The van der Waals surface area contributed by atoms with Crippen LogP contribution in [0.5, 0.6) is 11.5 Å². The molecule has 0 fully saturated rings. The maximum absolute atomic E-state index is 11.8. The first-order valence-electron chi connectivity index (χ1n) is 6.77. The molecule has 0 aromatic heterocycles. The van der Waals surface area contributed by atoms with Gasteiger partial charge in [0.25, 0.3) is 0 Å². The number of phenolic OH excluding ortho intramolecular Hbond substituents is 2. The second-order valence-electron chi connectivity index (χ2n) is 4.72. The van der Waals surface area contributed by atoms with E-state index in [0.29, 0.717) is 12.5 Å². The van der Waals surface area contributed by atoms with Gasteiger partial charge in [0.1, 0.15) is 17.1 Å². The lowest BCUT2D eigenvalue weighted by Gasteiger charge is -2.15. The van der Waals surface area contributed by atoms with E-state index in [1.165, 1.54) is 18.2 Å². The molecule has 1 rings (SSSR count). The summed E-state index contributed by atoms with van der Waals surface area (Å²) in [5.41, 5.74) is 0.00495. The molecular formula is C15H22O4. The molecule has 0 aliphatic carbocycles. The van der Waals surface area contributed by atoms with Crippen molar-refractivity contribution in [3.05, 3.63) is 23.8 Å². The van der Waals surface area contributed by atoms with Crippen LogP contribution in [0.1, 0.15) is 49.9 Å². The predicted octanol–water partition coefficient (Wildman–Crippen LogP) is 3.47. The fourth-order valence-electron chi connectivity index (χ4n) is 1.86. The average molecular weight is 266 g/mol. The summed E-state index contributed by atoms with van der Waals surface area (Å²) >= 11 is 0. The molecule has 106 valence electrons. The van der Waals surface area contributed by atoms with Gasteiger partial charge in [-0.15, -0.1) is 0 Å². The first-order chi connectivity index (χ1) is 9.08. The van der Waals surface area contributed by atoms with E-state index in [4.69, 9.17) is 4.74 Å². The molecule has 1 unspecified atom stereocenters. The van der Waals surface area contributed by atoms with Crippen LogP contribution in [0.4, 0.5) is 0 Å². The monoisotopic (exact) mass is 266 g/mol. The minimum absolute atomic E-state index is 0.00495. The number of hydrogen-bond acceptors (Lipinski definition) is 4. The Kier molecular flexibility index (Phi) is 6.19. The molecule has 1 atom stereocenters. The van der Waals surface area contributed by atoms with Gasteiger partial charge < -0.3 is 14.9 Å². The summed E-state index contributed by atoms with van der Waals surface area (Å²) in [6.45, 7) is 4.55. The summed E-state index contributed by atoms with van der Waals surface area (Å²) in [4.78, 5) is 11.8. The number of rotatable bonds is 7. The summed E-state index contributed by atoms with van der Waals surface area (Å²) in [7, 11) is 0. The highest BCUT2D eigenvalue weighted by Gasteiger charge is 2.15. The van der Waals surface area contributed by atoms with Crippen molar-refractivity contribution in [3.8, 4) is 11.5 Å². The fraction of sp³-hybridized carbons (Fsp3) is 0.533. The van der Waals surface area contributed by atoms with E-state index in [1.807, 2.05) is 0 Å². The van der Waals surface area contributed by atoms with Gasteiger partial charge >= 0.3 is 5.97 Å². The Labute approximate surface area is 114 Å². The van der Waals surface area contributed by atoms with Gasteiger partial charge in [-0.25, -0.2) is 4.79 Å². The van der Waals surface area contributed by atoms with Crippen LogP contribution in [0.2, 0.25) is 0 Å². The highest BCUT2D eigenvalue weighted by Crippen LogP contribution is 2.23. The Morgan fingerprint density at radius 2 is 2.05 bits per heavy atom. The van der Waals surface area contributed by atoms with Crippen molar-refractivity contribution in [3.63, 3.8) is 0 Å². The molecule has 4 nitrogen and oxygen atoms in total. The number of carbonyl (C=O) groups excluding carboxylic acids is 1. The van der Waals surface area contributed by atoms with Gasteiger partial charge in [0.2, 0.25) is 0 Å². The first kappa shape index (κ1) is 15.3. The molecule has 0 bridgehead atoms. The third-order valence-electron chi connectivity index (χ3n) is 3.19. The molecule has 0 saturated carbocycles. The molecule has 0 spiro atoms. The van der Waals surface area contributed by atoms with E-state index >= 15 is 0 Å². The van der Waals surface area contributed by atoms with Crippen molar-refractivity contribution in [1.82, 2.24) is 0 Å². The fourth-order valence-corrected chi connectivity index (χ4v) is 1.86. The minimum atomic E-state index is -0.594. The van der Waals surface area contributed by atoms with Crippen LogP contribution in [0.15, 0.2) is 18.2 Å². The van der Waals surface area contributed by atoms with Crippen LogP contribution in [0.3, 0.4) is 0 Å². The lowest BCUT2D eigenvalue weighted by Crippen LogP contribution is -2.14. The van der Waals surface area contributed by atoms with Gasteiger partial charge in [0.05, 0.1) is 6.61 Å². The van der Waals surface area contributed by atoms with Gasteiger partial charge in [-0.05, 0) is 30.5 Å². The van der Waals surface area contributed by atoms with Crippen molar-refractivity contribution in [2.45, 2.75) is 39.5 Å². The van der Waals surface area contributed by atoms with Crippen molar-refractivity contribution >= 4 is 5.97 Å². The van der Waals surface area contributed by atoms with E-state index in [9.17, 15) is 15.0 Å². The Hall–Kier alpha value is -1.71. The lowest BCUT2D eigenvalue weighted by molar-refractivity contribution is 0.0424. The number of benzene rings is 1. The van der Waals surface area contributed by atoms with Crippen molar-refractivity contribution in [1.29, 1.82) is 0 Å². The van der Waals surface area contributed by atoms with Crippen LogP contribution >= 0.6 is 0 Å². The van der Waals surface area contributed by atoms with E-state index in [0.717, 1.165) is 25.7 Å². The number of hydrogen-bond donors (Lipinski definition) is 2. The zero-order valence-electron chi connectivity index (χ0n) is 11.6. The van der Waals surface area contributed by atoms with Crippen LogP contribution in [-0.4, -0.2) is 22.8 Å². The lowest BCUT2D eigenvalue weighted by atomic mass is 10.0. The summed E-state index contributed by atoms with van der Waals surface area (Å²) in [5, 5.41) is 18.9. The van der Waals surface area contributed by atoms with Crippen LogP contribution < -0.4 is 0 Å². The van der Waals surface area contributed by atoms with E-state index in [1.54, 1.807) is 0 Å². The highest BCUT2D eigenvalue weighted by atomic mass is 16.5. The predicted molar refractivity (Wildman–Crippen MR) is 73.4 cm³/mol. The zero-order valence-corrected chi connectivity index (χ0v) is 11.6. The van der Waals surface area contributed by atoms with E-state index in [-0.39, 0.29) is 17.1 Å². The third-order valence-corrected chi connectivity index (χ3v) is 3.19. The van der Waals surface area contributed by atoms with Gasteiger partial charge in [-0.1, -0.05) is 33.1 Å². The van der Waals surface area contributed by atoms with E-state index in [2.05, 4.69) is 13.8 Å². The molecule has 1 aromatic carbocycles. The van der Waals surface area contributed by atoms with Gasteiger partial charge in [-0.3, -0.25) is 0 Å². The number of ether oxygens (including phenoxy) is 1. The zero-order chi connectivity index (χ0) is 14.3. The van der Waals surface area contributed by atoms with Crippen LogP contribution in [0, 0.1) is 5.92 Å². The molecule has 1 aromatic rings. The largest absolute Gasteiger partial charge is 0.508 e. The molecule has 2 N–H and O–H groups in total. The van der Waals surface area contributed by atoms with Gasteiger partial charge in [0.15, 0.2) is 0 Å². The molecule has 0 amide bonds. The molecule has 0 aliphatic heterocycles. The molecule has 0 heterocycles. The standard InChI is InChI=1S/C15H22O4/c1-3-5-6-11(4-2)10-19-15(18)13-9-12(16)7-8-14(13)17/h7-9,11,16-17H,3-6,10H2,1-2H3. The van der Waals surface area contributed by atoms with Crippen LogP contribution in [-0.2, 0) is 4.74 Å². The summed E-state index contributed by atoms with van der Waals surface area (Å²) in [5.74, 6) is -0.487. The SMILES string of the molecule is CCCCC(CC)COC(=O)c1cc(O)ccc1O. The summed E-state index contributed by atoms with van der Waals surface area (Å²) in [6.07, 6.45) is 4.23. The Balaban J connectivity index is 2.56. The average Bonchev–Trinajstić information content (AvgIpc) is 2.41. The van der Waals surface area contributed by atoms with Crippen LogP contribution in [0.25, 0.3) is 0 Å². The maximum Gasteiger partial charge on any atom is 0.342 e. The smallest absolute Gasteiger partial charge is 0.342 e. The molecule has 0 aliphatic rings. The second-order valence-corrected chi connectivity index (χ2v) is 4.72. The second kappa shape index (κ2) is 7.67. The number of unbranched alkanes of at least 4 members (excludes halogenated alkanes) is 1. The minimum Gasteiger partial charge on any atom is -0.508 e. The number of carbonyl (C=O) groups is 1. The van der Waals surface area contributed by atoms with Crippen molar-refractivity contribution < 1.29 is 19.7 Å². The van der Waals surface area contributed by atoms with Gasteiger partial charge in [-0.2, -0.15) is 0 Å². The highest BCUT2D eigenvalue weighted by molar-refractivity contribution is 5.92. The molecule has 4 heteroatoms. The van der Waals surface area contributed by atoms with E-state index < -0.39 is 5.97 Å². The normalized spacial score (nSPS) is 12.1. The number of phenols is 2. The molecule has 0 saturated heterocycles. The van der Waals surface area contributed by atoms with Crippen molar-refractivity contribution in [2.24, 2.45) is 5.92 Å². The molecule has 0 radical (unpaired) electrons. The number of aromatic hydroxyl groups is 2. The Morgan fingerprint density at radius 3 is 2.68 bits per heavy atom. The summed E-state index contributed by atoms with van der Waals surface area (Å²) in [6, 6.07) is 3.81. The molecular weight excluding hydrogens is 244 g/mol. The molecule has 19 heavy (non-hydrogen) atoms. The van der Waals surface area contributed by atoms with Gasteiger partial charge in [0, 0.05) is 0 Å². The summed E-state index contributed by atoms with van der Waals surface area (Å²) < 4.78 is 5.20. The Bertz CT molecular complexity index is 415. The maximum atomic E-state index is 11.8. The third kappa shape index (κ3) is 4.81. The Morgan fingerprint density at radius 1 is 1.32 bits per heavy atom. The topological polar surface area (TPSA) is 66.8 Å². The first-order valence-corrected chi connectivity index (χ1v) is 6.77.